The number of carbonyl (C=O) groups is 1. The molecule has 1 unspecified atom stereocenters. The number of carbonyl (C=O) groups excluding carboxylic acids is 1. The monoisotopic (exact) mass is 397 g/mol. The van der Waals surface area contributed by atoms with Gasteiger partial charge in [-0.3, -0.25) is 9.20 Å². The average molecular weight is 398 g/mol. The van der Waals surface area contributed by atoms with Gasteiger partial charge in [-0.1, -0.05) is 29.8 Å². The molecule has 1 aliphatic heterocycles. The van der Waals surface area contributed by atoms with Crippen LogP contribution in [-0.4, -0.2) is 46.0 Å². The number of para-hydroxylation sites is 2. The van der Waals surface area contributed by atoms with E-state index in [1.807, 2.05) is 60.0 Å². The average Bonchev–Trinajstić information content (AvgIpc) is 3.05. The lowest BCUT2D eigenvalue weighted by atomic mass is 10.2. The zero-order valence-electron chi connectivity index (χ0n) is 15.4. The van der Waals surface area contributed by atoms with E-state index in [0.717, 1.165) is 11.4 Å². The maximum atomic E-state index is 12.7. The van der Waals surface area contributed by atoms with Gasteiger partial charge >= 0.3 is 0 Å². The summed E-state index contributed by atoms with van der Waals surface area (Å²) in [4.78, 5) is 18.7. The van der Waals surface area contributed by atoms with Crippen molar-refractivity contribution in [3.05, 3.63) is 65.6 Å². The van der Waals surface area contributed by atoms with Crippen LogP contribution in [0.25, 0.3) is 11.7 Å². The molecule has 28 heavy (non-hydrogen) atoms. The highest BCUT2D eigenvalue weighted by Gasteiger charge is 2.24. The summed E-state index contributed by atoms with van der Waals surface area (Å²) in [6.45, 7) is 3.34. The van der Waals surface area contributed by atoms with Crippen molar-refractivity contribution < 1.29 is 14.3 Å². The Morgan fingerprint density at radius 2 is 2.07 bits per heavy atom. The predicted octanol–water partition coefficient (Wildman–Crippen LogP) is 3.69. The van der Waals surface area contributed by atoms with Crippen molar-refractivity contribution in [2.24, 2.45) is 0 Å². The number of likely N-dealkylation sites (N-methyl/N-ethyl adjacent to an activating group) is 1. The molecule has 0 spiro atoms. The van der Waals surface area contributed by atoms with Crippen LogP contribution in [0.1, 0.15) is 12.6 Å². The molecule has 3 heterocycles. The number of nitrogens with zero attached hydrogens (tertiary/aromatic N) is 3. The van der Waals surface area contributed by atoms with E-state index in [-0.39, 0.29) is 12.0 Å². The van der Waals surface area contributed by atoms with Crippen molar-refractivity contribution >= 4 is 29.2 Å². The molecule has 0 saturated carbocycles. The van der Waals surface area contributed by atoms with Crippen LogP contribution in [0.3, 0.4) is 0 Å². The lowest BCUT2D eigenvalue weighted by Crippen LogP contribution is -2.43. The minimum Gasteiger partial charge on any atom is -0.486 e. The standard InChI is InChI=1S/C21H20ClN3O3/c1-2-24(13-15-14-27-17-7-3-4-8-18(17)28-15)20(26)11-10-16-21(22)23-19-9-5-6-12-25(16)19/h3-12,15H,2,13-14H2,1H3/b11-10+. The van der Waals surface area contributed by atoms with E-state index in [9.17, 15) is 4.79 Å². The van der Waals surface area contributed by atoms with Gasteiger partial charge in [0, 0.05) is 18.8 Å². The molecule has 3 aromatic rings. The van der Waals surface area contributed by atoms with Crippen LogP contribution in [0.2, 0.25) is 5.15 Å². The van der Waals surface area contributed by atoms with Crippen LogP contribution < -0.4 is 9.47 Å². The predicted molar refractivity (Wildman–Crippen MR) is 108 cm³/mol. The Morgan fingerprint density at radius 1 is 1.29 bits per heavy atom. The minimum atomic E-state index is -0.216. The van der Waals surface area contributed by atoms with Gasteiger partial charge in [0.1, 0.15) is 12.3 Å². The molecule has 0 fully saturated rings. The van der Waals surface area contributed by atoms with Gasteiger partial charge in [0.15, 0.2) is 22.8 Å². The summed E-state index contributed by atoms with van der Waals surface area (Å²) < 4.78 is 13.5. The summed E-state index contributed by atoms with van der Waals surface area (Å²) in [6, 6.07) is 13.2. The Labute approximate surface area is 168 Å². The summed E-state index contributed by atoms with van der Waals surface area (Å²) in [5.74, 6) is 1.32. The SMILES string of the molecule is CCN(CC1COc2ccccc2O1)C(=O)/C=C/c1c(Cl)nc2ccccn12. The Kier molecular flexibility index (Phi) is 5.21. The second-order valence-electron chi connectivity index (χ2n) is 6.42. The first-order valence-corrected chi connectivity index (χ1v) is 9.51. The van der Waals surface area contributed by atoms with Crippen LogP contribution in [-0.2, 0) is 4.79 Å². The fourth-order valence-corrected chi connectivity index (χ4v) is 3.41. The molecule has 0 saturated heterocycles. The van der Waals surface area contributed by atoms with Gasteiger partial charge in [-0.05, 0) is 37.3 Å². The van der Waals surface area contributed by atoms with Crippen molar-refractivity contribution in [3.8, 4) is 11.5 Å². The highest BCUT2D eigenvalue weighted by atomic mass is 35.5. The summed E-state index contributed by atoms with van der Waals surface area (Å²) in [5.41, 5.74) is 1.41. The number of imidazole rings is 1. The number of ether oxygens (including phenoxy) is 2. The molecule has 4 rings (SSSR count). The summed E-state index contributed by atoms with van der Waals surface area (Å²) in [5, 5.41) is 0.360. The minimum absolute atomic E-state index is 0.119. The van der Waals surface area contributed by atoms with E-state index in [4.69, 9.17) is 21.1 Å². The number of amides is 1. The third-order valence-electron chi connectivity index (χ3n) is 4.59. The Balaban J connectivity index is 1.46. The molecule has 7 heteroatoms. The lowest BCUT2D eigenvalue weighted by Gasteiger charge is -2.30. The number of hydrogen-bond acceptors (Lipinski definition) is 4. The molecule has 0 radical (unpaired) electrons. The van der Waals surface area contributed by atoms with Crippen molar-refractivity contribution in [2.45, 2.75) is 13.0 Å². The number of aromatic nitrogens is 2. The second-order valence-corrected chi connectivity index (χ2v) is 6.78. The molecule has 2 aromatic heterocycles. The normalized spacial score (nSPS) is 15.9. The fourth-order valence-electron chi connectivity index (χ4n) is 3.16. The van der Waals surface area contributed by atoms with E-state index < -0.39 is 0 Å². The first kappa shape index (κ1) is 18.4. The topological polar surface area (TPSA) is 56.1 Å². The van der Waals surface area contributed by atoms with Gasteiger partial charge in [-0.2, -0.15) is 0 Å². The summed E-state index contributed by atoms with van der Waals surface area (Å²) in [7, 11) is 0. The number of pyridine rings is 1. The van der Waals surface area contributed by atoms with Gasteiger partial charge in [-0.15, -0.1) is 0 Å². The van der Waals surface area contributed by atoms with Crippen LogP contribution in [0.15, 0.2) is 54.7 Å². The third kappa shape index (κ3) is 3.68. The molecule has 0 N–H and O–H groups in total. The smallest absolute Gasteiger partial charge is 0.246 e. The van der Waals surface area contributed by atoms with Crippen LogP contribution in [0, 0.1) is 0 Å². The van der Waals surface area contributed by atoms with Gasteiger partial charge in [0.25, 0.3) is 0 Å². The molecule has 1 atom stereocenters. The molecular formula is C21H20ClN3O3. The van der Waals surface area contributed by atoms with Gasteiger partial charge in [-0.25, -0.2) is 4.98 Å². The molecule has 144 valence electrons. The maximum Gasteiger partial charge on any atom is 0.246 e. The van der Waals surface area contributed by atoms with E-state index in [1.165, 1.54) is 6.08 Å². The molecule has 0 aliphatic carbocycles. The molecule has 0 bridgehead atoms. The van der Waals surface area contributed by atoms with Gasteiger partial charge in [0.2, 0.25) is 5.91 Å². The zero-order chi connectivity index (χ0) is 19.5. The van der Waals surface area contributed by atoms with Crippen LogP contribution in [0.4, 0.5) is 0 Å². The number of benzene rings is 1. The first-order valence-electron chi connectivity index (χ1n) is 9.13. The van der Waals surface area contributed by atoms with Crippen molar-refractivity contribution in [1.82, 2.24) is 14.3 Å². The van der Waals surface area contributed by atoms with Gasteiger partial charge in [0.05, 0.1) is 12.2 Å². The van der Waals surface area contributed by atoms with E-state index >= 15 is 0 Å². The van der Waals surface area contributed by atoms with E-state index in [0.29, 0.717) is 36.3 Å². The Bertz CT molecular complexity index is 1030. The molecule has 1 aromatic carbocycles. The number of fused-ring (bicyclic) bond motifs is 2. The second kappa shape index (κ2) is 7.94. The van der Waals surface area contributed by atoms with Crippen molar-refractivity contribution in [2.75, 3.05) is 19.7 Å². The fraction of sp³-hybridized carbons (Fsp3) is 0.238. The molecule has 6 nitrogen and oxygen atoms in total. The number of rotatable bonds is 5. The van der Waals surface area contributed by atoms with Crippen molar-refractivity contribution in [3.63, 3.8) is 0 Å². The third-order valence-corrected chi connectivity index (χ3v) is 4.87. The Hall–Kier alpha value is -2.99. The summed E-state index contributed by atoms with van der Waals surface area (Å²) in [6.07, 6.45) is 4.86. The Morgan fingerprint density at radius 3 is 2.89 bits per heavy atom. The van der Waals surface area contributed by atoms with E-state index in [2.05, 4.69) is 4.98 Å². The zero-order valence-corrected chi connectivity index (χ0v) is 16.2. The maximum absolute atomic E-state index is 12.7. The summed E-state index contributed by atoms with van der Waals surface area (Å²) >= 11 is 6.22. The van der Waals surface area contributed by atoms with Crippen LogP contribution >= 0.6 is 11.6 Å². The number of hydrogen-bond donors (Lipinski definition) is 0. The first-order chi connectivity index (χ1) is 13.7. The number of halogens is 1. The molecule has 1 aliphatic rings. The quantitative estimate of drug-likeness (QED) is 0.616. The van der Waals surface area contributed by atoms with Crippen LogP contribution in [0.5, 0.6) is 11.5 Å². The largest absolute Gasteiger partial charge is 0.486 e. The molecule has 1 amide bonds. The van der Waals surface area contributed by atoms with E-state index in [1.54, 1.807) is 11.0 Å². The lowest BCUT2D eigenvalue weighted by molar-refractivity contribution is -0.127. The highest BCUT2D eigenvalue weighted by molar-refractivity contribution is 6.31. The van der Waals surface area contributed by atoms with Crippen molar-refractivity contribution in [1.29, 1.82) is 0 Å². The van der Waals surface area contributed by atoms with Gasteiger partial charge < -0.3 is 14.4 Å². The molecular weight excluding hydrogens is 378 g/mol. The highest BCUT2D eigenvalue weighted by Crippen LogP contribution is 2.31.